The topological polar surface area (TPSA) is 4.93 Å². The predicted molar refractivity (Wildman–Crippen MR) is 74.9 cm³/mol. The van der Waals surface area contributed by atoms with Crippen LogP contribution in [-0.2, 0) is 7.05 Å². The number of hydrogen-bond donors (Lipinski definition) is 0. The summed E-state index contributed by atoms with van der Waals surface area (Å²) in [4.78, 5) is 0. The first-order chi connectivity index (χ1) is 8.10. The van der Waals surface area contributed by atoms with E-state index in [0.29, 0.717) is 5.39 Å². The van der Waals surface area contributed by atoms with Crippen molar-refractivity contribution < 1.29 is 4.39 Å². The molecule has 0 fully saturated rings. The average molecular weight is 237 g/mol. The molecule has 0 unspecified atom stereocenters. The summed E-state index contributed by atoms with van der Waals surface area (Å²) in [6.07, 6.45) is 2.75. The summed E-state index contributed by atoms with van der Waals surface area (Å²) < 4.78 is 15.0. The molecule has 0 saturated heterocycles. The second-order valence-electron chi connectivity index (χ2n) is 3.82. The maximum absolute atomic E-state index is 13.2. The fourth-order valence-corrected chi connectivity index (χ4v) is 1.46. The van der Waals surface area contributed by atoms with Crippen LogP contribution in [0.3, 0.4) is 0 Å². The third-order valence-electron chi connectivity index (χ3n) is 2.10. The first-order valence-electron chi connectivity index (χ1n) is 6.31. The third kappa shape index (κ3) is 4.22. The van der Waals surface area contributed by atoms with Gasteiger partial charge in [-0.3, -0.25) is 0 Å². The third-order valence-corrected chi connectivity index (χ3v) is 2.10. The standard InChI is InChI=1S/C10H10FN.C3H8.C2H6/c1-7-3-4-10-8(5-7)9(11)6-12(10)2;1-3-2;1-2/h3-6H,1-2H3;3H2,1-2H3;1-2H3. The van der Waals surface area contributed by atoms with E-state index in [1.807, 2.05) is 46.0 Å². The van der Waals surface area contributed by atoms with Crippen molar-refractivity contribution in [2.45, 2.75) is 41.0 Å². The zero-order chi connectivity index (χ0) is 13.4. The van der Waals surface area contributed by atoms with Gasteiger partial charge in [0.1, 0.15) is 5.82 Å². The first kappa shape index (κ1) is 15.7. The Morgan fingerprint density at radius 1 is 1.18 bits per heavy atom. The van der Waals surface area contributed by atoms with Crippen molar-refractivity contribution in [3.05, 3.63) is 35.8 Å². The summed E-state index contributed by atoms with van der Waals surface area (Å²) in [6.45, 7) is 10.2. The Morgan fingerprint density at radius 2 is 1.71 bits per heavy atom. The van der Waals surface area contributed by atoms with Crippen LogP contribution in [0.1, 0.15) is 39.7 Å². The molecule has 2 rings (SSSR count). The minimum atomic E-state index is -0.142. The van der Waals surface area contributed by atoms with Crippen LogP contribution in [0.5, 0.6) is 0 Å². The highest BCUT2D eigenvalue weighted by Crippen LogP contribution is 2.19. The van der Waals surface area contributed by atoms with Gasteiger partial charge in [-0.15, -0.1) is 0 Å². The molecule has 1 heterocycles. The van der Waals surface area contributed by atoms with Crippen LogP contribution in [0.15, 0.2) is 24.4 Å². The van der Waals surface area contributed by atoms with E-state index in [1.54, 1.807) is 4.57 Å². The minimum Gasteiger partial charge on any atom is -0.348 e. The van der Waals surface area contributed by atoms with Crippen molar-refractivity contribution in [1.82, 2.24) is 4.57 Å². The van der Waals surface area contributed by atoms with E-state index in [1.165, 1.54) is 12.6 Å². The SMILES string of the molecule is CC.CCC.Cc1ccc2c(c1)c(F)cn2C. The number of nitrogens with zero attached hydrogens (tertiary/aromatic N) is 1. The summed E-state index contributed by atoms with van der Waals surface area (Å²) in [7, 11) is 1.85. The van der Waals surface area contributed by atoms with Crippen LogP contribution in [0.4, 0.5) is 4.39 Å². The molecule has 0 aliphatic carbocycles. The molecule has 0 N–H and O–H groups in total. The Bertz CT molecular complexity index is 443. The van der Waals surface area contributed by atoms with E-state index in [0.717, 1.165) is 11.1 Å². The van der Waals surface area contributed by atoms with Crippen molar-refractivity contribution in [3.63, 3.8) is 0 Å². The fraction of sp³-hybridized carbons (Fsp3) is 0.467. The van der Waals surface area contributed by atoms with Gasteiger partial charge in [0.25, 0.3) is 0 Å². The molecule has 0 aliphatic rings. The molecule has 1 aromatic heterocycles. The molecule has 0 atom stereocenters. The second kappa shape index (κ2) is 7.88. The first-order valence-corrected chi connectivity index (χ1v) is 6.31. The van der Waals surface area contributed by atoms with Crippen LogP contribution < -0.4 is 0 Å². The van der Waals surface area contributed by atoms with Crippen LogP contribution in [0.25, 0.3) is 10.9 Å². The van der Waals surface area contributed by atoms with Gasteiger partial charge in [-0.2, -0.15) is 0 Å². The predicted octanol–water partition coefficient (Wildman–Crippen LogP) is 5.07. The van der Waals surface area contributed by atoms with Gasteiger partial charge in [0, 0.05) is 18.6 Å². The van der Waals surface area contributed by atoms with Crippen molar-refractivity contribution >= 4 is 10.9 Å². The van der Waals surface area contributed by atoms with Crippen molar-refractivity contribution in [3.8, 4) is 0 Å². The Morgan fingerprint density at radius 3 is 2.24 bits per heavy atom. The van der Waals surface area contributed by atoms with Gasteiger partial charge in [-0.1, -0.05) is 45.7 Å². The van der Waals surface area contributed by atoms with E-state index in [2.05, 4.69) is 13.8 Å². The second-order valence-corrected chi connectivity index (χ2v) is 3.82. The van der Waals surface area contributed by atoms with Gasteiger partial charge in [0.15, 0.2) is 0 Å². The monoisotopic (exact) mass is 237 g/mol. The van der Waals surface area contributed by atoms with Crippen LogP contribution >= 0.6 is 0 Å². The highest BCUT2D eigenvalue weighted by Gasteiger charge is 2.04. The van der Waals surface area contributed by atoms with Crippen LogP contribution in [-0.4, -0.2) is 4.57 Å². The number of rotatable bonds is 0. The van der Waals surface area contributed by atoms with Gasteiger partial charge in [-0.05, 0) is 19.1 Å². The molecule has 0 saturated carbocycles. The summed E-state index contributed by atoms with van der Waals surface area (Å²) in [5.74, 6) is -0.142. The number of fused-ring (bicyclic) bond motifs is 1. The van der Waals surface area contributed by atoms with E-state index in [-0.39, 0.29) is 5.82 Å². The lowest BCUT2D eigenvalue weighted by atomic mass is 10.2. The molecule has 0 spiro atoms. The maximum Gasteiger partial charge on any atom is 0.148 e. The van der Waals surface area contributed by atoms with E-state index < -0.39 is 0 Å². The average Bonchev–Trinajstić information content (AvgIpc) is 2.58. The lowest BCUT2D eigenvalue weighted by Crippen LogP contribution is -1.82. The molecule has 2 aromatic rings. The lowest BCUT2D eigenvalue weighted by molar-refractivity contribution is 0.633. The van der Waals surface area contributed by atoms with Gasteiger partial charge in [-0.25, -0.2) is 4.39 Å². The quantitative estimate of drug-likeness (QED) is 0.603. The summed E-state index contributed by atoms with van der Waals surface area (Å²) in [5, 5.41) is 0.706. The van der Waals surface area contributed by atoms with Gasteiger partial charge >= 0.3 is 0 Å². The van der Waals surface area contributed by atoms with Crippen molar-refractivity contribution in [2.24, 2.45) is 7.05 Å². The zero-order valence-corrected chi connectivity index (χ0v) is 11.8. The van der Waals surface area contributed by atoms with Crippen LogP contribution in [0, 0.1) is 12.7 Å². The maximum atomic E-state index is 13.2. The number of aryl methyl sites for hydroxylation is 2. The van der Waals surface area contributed by atoms with Gasteiger partial charge in [0.2, 0.25) is 0 Å². The Kier molecular flexibility index (Phi) is 7.27. The highest BCUT2D eigenvalue weighted by atomic mass is 19.1. The smallest absolute Gasteiger partial charge is 0.148 e. The fourth-order valence-electron chi connectivity index (χ4n) is 1.46. The van der Waals surface area contributed by atoms with E-state index >= 15 is 0 Å². The molecule has 1 nitrogen and oxygen atoms in total. The summed E-state index contributed by atoms with van der Waals surface area (Å²) in [5.41, 5.74) is 2.03. The number of benzene rings is 1. The van der Waals surface area contributed by atoms with Crippen molar-refractivity contribution in [2.75, 3.05) is 0 Å². The Balaban J connectivity index is 0.000000450. The molecule has 17 heavy (non-hydrogen) atoms. The molecule has 0 amide bonds. The minimum absolute atomic E-state index is 0.142. The molecule has 0 radical (unpaired) electrons. The Labute approximate surface area is 104 Å². The molecule has 0 aliphatic heterocycles. The molecule has 0 bridgehead atoms. The molecule has 96 valence electrons. The lowest BCUT2D eigenvalue weighted by Gasteiger charge is -1.95. The normalized spacial score (nSPS) is 9.12. The van der Waals surface area contributed by atoms with Gasteiger partial charge in [0.05, 0.1) is 5.52 Å². The highest BCUT2D eigenvalue weighted by molar-refractivity contribution is 5.81. The van der Waals surface area contributed by atoms with Gasteiger partial charge < -0.3 is 4.57 Å². The number of aromatic nitrogens is 1. The molecular weight excluding hydrogens is 213 g/mol. The molecule has 2 heteroatoms. The Hall–Kier alpha value is -1.31. The zero-order valence-electron chi connectivity index (χ0n) is 11.8. The summed E-state index contributed by atoms with van der Waals surface area (Å²) >= 11 is 0. The number of halogens is 1. The largest absolute Gasteiger partial charge is 0.348 e. The molecule has 1 aromatic carbocycles. The van der Waals surface area contributed by atoms with Crippen molar-refractivity contribution in [1.29, 1.82) is 0 Å². The molecular formula is C15H24FN. The van der Waals surface area contributed by atoms with Crippen LogP contribution in [0.2, 0.25) is 0 Å². The summed E-state index contributed by atoms with van der Waals surface area (Å²) in [6, 6.07) is 5.79. The van der Waals surface area contributed by atoms with E-state index in [9.17, 15) is 4.39 Å². The van der Waals surface area contributed by atoms with E-state index in [4.69, 9.17) is 0 Å². The number of hydrogen-bond acceptors (Lipinski definition) is 0.